The normalized spacial score (nSPS) is 10.5. The van der Waals surface area contributed by atoms with E-state index in [1.54, 1.807) is 0 Å². The molecule has 90 valence electrons. The third kappa shape index (κ3) is 2.88. The molecule has 3 nitrogen and oxygen atoms in total. The zero-order chi connectivity index (χ0) is 12.1. The van der Waals surface area contributed by atoms with Crippen LogP contribution in [0.3, 0.4) is 0 Å². The van der Waals surface area contributed by atoms with Gasteiger partial charge in [-0.25, -0.2) is 0 Å². The van der Waals surface area contributed by atoms with Gasteiger partial charge in [-0.2, -0.15) is 0 Å². The van der Waals surface area contributed by atoms with Crippen molar-refractivity contribution < 1.29 is 14.6 Å². The van der Waals surface area contributed by atoms with E-state index < -0.39 is 0 Å². The second-order valence-corrected chi connectivity index (χ2v) is 3.68. The molecule has 2 aromatic carbocycles. The highest BCUT2D eigenvalue weighted by Crippen LogP contribution is 2.24. The van der Waals surface area contributed by atoms with E-state index in [9.17, 15) is 0 Å². The zero-order valence-electron chi connectivity index (χ0n) is 9.85. The molecule has 2 aromatic rings. The van der Waals surface area contributed by atoms with E-state index in [0.29, 0.717) is 13.2 Å². The van der Waals surface area contributed by atoms with Crippen LogP contribution in [0.1, 0.15) is 6.92 Å². The van der Waals surface area contributed by atoms with Crippen molar-refractivity contribution in [2.75, 3.05) is 19.8 Å². The molecule has 0 unspecified atom stereocenters. The summed E-state index contributed by atoms with van der Waals surface area (Å²) in [4.78, 5) is 0. The highest BCUT2D eigenvalue weighted by molar-refractivity contribution is 5.85. The molecule has 17 heavy (non-hydrogen) atoms. The summed E-state index contributed by atoms with van der Waals surface area (Å²) in [6, 6.07) is 11.8. The van der Waals surface area contributed by atoms with E-state index in [1.165, 1.54) is 0 Å². The largest absolute Gasteiger partial charge is 0.494 e. The Bertz CT molecular complexity index is 494. The van der Waals surface area contributed by atoms with Crippen molar-refractivity contribution >= 4 is 10.8 Å². The molecule has 0 saturated carbocycles. The summed E-state index contributed by atoms with van der Waals surface area (Å²) < 4.78 is 10.8. The molecule has 0 aliphatic carbocycles. The molecule has 0 atom stereocenters. The number of aliphatic hydroxyl groups excluding tert-OH is 1. The minimum absolute atomic E-state index is 0.0291. The fourth-order valence-corrected chi connectivity index (χ4v) is 1.71. The molecule has 0 aliphatic rings. The van der Waals surface area contributed by atoms with Crippen LogP contribution in [0.5, 0.6) is 11.5 Å². The Hall–Kier alpha value is -1.74. The summed E-state index contributed by atoms with van der Waals surface area (Å²) in [5.41, 5.74) is 0. The molecule has 0 bridgehead atoms. The van der Waals surface area contributed by atoms with Crippen LogP contribution in [0, 0.1) is 0 Å². The van der Waals surface area contributed by atoms with E-state index >= 15 is 0 Å². The van der Waals surface area contributed by atoms with Crippen molar-refractivity contribution in [2.24, 2.45) is 0 Å². The van der Waals surface area contributed by atoms with Gasteiger partial charge >= 0.3 is 0 Å². The minimum Gasteiger partial charge on any atom is -0.494 e. The van der Waals surface area contributed by atoms with Crippen LogP contribution < -0.4 is 9.47 Å². The van der Waals surface area contributed by atoms with E-state index in [0.717, 1.165) is 22.3 Å². The van der Waals surface area contributed by atoms with Crippen molar-refractivity contribution in [1.29, 1.82) is 0 Å². The molecular weight excluding hydrogens is 216 g/mol. The van der Waals surface area contributed by atoms with Crippen LogP contribution in [-0.2, 0) is 0 Å². The number of fused-ring (bicyclic) bond motifs is 1. The van der Waals surface area contributed by atoms with E-state index in [4.69, 9.17) is 14.6 Å². The smallest absolute Gasteiger partial charge is 0.120 e. The lowest BCUT2D eigenvalue weighted by molar-refractivity contribution is 0.201. The number of hydrogen-bond donors (Lipinski definition) is 1. The number of hydrogen-bond acceptors (Lipinski definition) is 3. The van der Waals surface area contributed by atoms with Crippen molar-refractivity contribution in [2.45, 2.75) is 6.92 Å². The van der Waals surface area contributed by atoms with Gasteiger partial charge in [-0.05, 0) is 42.0 Å². The fraction of sp³-hybridized carbons (Fsp3) is 0.286. The Morgan fingerprint density at radius 1 is 0.941 bits per heavy atom. The van der Waals surface area contributed by atoms with E-state index in [2.05, 4.69) is 0 Å². The van der Waals surface area contributed by atoms with Crippen molar-refractivity contribution in [3.05, 3.63) is 36.4 Å². The number of aliphatic hydroxyl groups is 1. The maximum atomic E-state index is 8.69. The van der Waals surface area contributed by atoms with Gasteiger partial charge in [0.2, 0.25) is 0 Å². The van der Waals surface area contributed by atoms with E-state index in [-0.39, 0.29) is 6.61 Å². The van der Waals surface area contributed by atoms with Crippen LogP contribution >= 0.6 is 0 Å². The topological polar surface area (TPSA) is 38.7 Å². The van der Waals surface area contributed by atoms with Gasteiger partial charge in [0.15, 0.2) is 0 Å². The third-order valence-electron chi connectivity index (χ3n) is 2.45. The Morgan fingerprint density at radius 3 is 2.06 bits per heavy atom. The second kappa shape index (κ2) is 5.55. The Balaban J connectivity index is 2.26. The lowest BCUT2D eigenvalue weighted by Crippen LogP contribution is -2.01. The monoisotopic (exact) mass is 232 g/mol. The van der Waals surface area contributed by atoms with Gasteiger partial charge in [-0.1, -0.05) is 12.1 Å². The first kappa shape index (κ1) is 11.7. The van der Waals surface area contributed by atoms with Gasteiger partial charge < -0.3 is 14.6 Å². The Kier molecular flexibility index (Phi) is 3.83. The molecule has 0 radical (unpaired) electrons. The highest BCUT2D eigenvalue weighted by atomic mass is 16.5. The van der Waals surface area contributed by atoms with Gasteiger partial charge in [0.25, 0.3) is 0 Å². The summed E-state index contributed by atoms with van der Waals surface area (Å²) in [6.45, 7) is 2.99. The lowest BCUT2D eigenvalue weighted by Gasteiger charge is -2.07. The average Bonchev–Trinajstić information content (AvgIpc) is 2.36. The maximum Gasteiger partial charge on any atom is 0.120 e. The quantitative estimate of drug-likeness (QED) is 0.861. The van der Waals surface area contributed by atoms with Crippen LogP contribution in [0.25, 0.3) is 10.8 Å². The fourth-order valence-electron chi connectivity index (χ4n) is 1.71. The summed E-state index contributed by atoms with van der Waals surface area (Å²) >= 11 is 0. The van der Waals surface area contributed by atoms with E-state index in [1.807, 2.05) is 43.3 Å². The van der Waals surface area contributed by atoms with Crippen LogP contribution in [0.2, 0.25) is 0 Å². The van der Waals surface area contributed by atoms with Crippen LogP contribution in [-0.4, -0.2) is 24.9 Å². The summed E-state index contributed by atoms with van der Waals surface area (Å²) in [6.07, 6.45) is 0. The Morgan fingerprint density at radius 2 is 1.53 bits per heavy atom. The first-order chi connectivity index (χ1) is 8.33. The molecule has 0 aliphatic heterocycles. The maximum absolute atomic E-state index is 8.69. The van der Waals surface area contributed by atoms with Gasteiger partial charge in [0.1, 0.15) is 18.1 Å². The number of benzene rings is 2. The molecule has 1 N–H and O–H groups in total. The lowest BCUT2D eigenvalue weighted by atomic mass is 10.1. The predicted octanol–water partition coefficient (Wildman–Crippen LogP) is 2.61. The van der Waals surface area contributed by atoms with Crippen LogP contribution in [0.4, 0.5) is 0 Å². The standard InChI is InChI=1S/C14H16O3/c1-2-16-13-5-3-12-10-14(17-8-7-15)6-4-11(12)9-13/h3-6,9-10,15H,2,7-8H2,1H3. The number of rotatable bonds is 5. The molecule has 0 spiro atoms. The van der Waals surface area contributed by atoms with Gasteiger partial charge in [-0.3, -0.25) is 0 Å². The zero-order valence-corrected chi connectivity index (χ0v) is 9.85. The number of ether oxygens (including phenoxy) is 2. The molecular formula is C14H16O3. The average molecular weight is 232 g/mol. The second-order valence-electron chi connectivity index (χ2n) is 3.68. The molecule has 2 rings (SSSR count). The molecule has 0 amide bonds. The summed E-state index contributed by atoms with van der Waals surface area (Å²) in [5.74, 6) is 1.65. The first-order valence-electron chi connectivity index (χ1n) is 5.74. The first-order valence-corrected chi connectivity index (χ1v) is 5.74. The molecule has 0 heterocycles. The summed E-state index contributed by atoms with van der Waals surface area (Å²) in [7, 11) is 0. The van der Waals surface area contributed by atoms with Gasteiger partial charge in [0, 0.05) is 0 Å². The molecule has 0 fully saturated rings. The van der Waals surface area contributed by atoms with Crippen molar-refractivity contribution in [3.63, 3.8) is 0 Å². The molecule has 0 saturated heterocycles. The van der Waals surface area contributed by atoms with Crippen molar-refractivity contribution in [3.8, 4) is 11.5 Å². The summed E-state index contributed by atoms with van der Waals surface area (Å²) in [5, 5.41) is 10.9. The molecule has 0 aromatic heterocycles. The van der Waals surface area contributed by atoms with Crippen LogP contribution in [0.15, 0.2) is 36.4 Å². The SMILES string of the molecule is CCOc1ccc2cc(OCCO)ccc2c1. The predicted molar refractivity (Wildman–Crippen MR) is 67.7 cm³/mol. The highest BCUT2D eigenvalue weighted by Gasteiger charge is 1.99. The van der Waals surface area contributed by atoms with Crippen molar-refractivity contribution in [1.82, 2.24) is 0 Å². The Labute approximate surface area is 101 Å². The van der Waals surface area contributed by atoms with Gasteiger partial charge in [-0.15, -0.1) is 0 Å². The third-order valence-corrected chi connectivity index (χ3v) is 2.45. The van der Waals surface area contributed by atoms with Gasteiger partial charge in [0.05, 0.1) is 13.2 Å². The molecule has 3 heteroatoms. The minimum atomic E-state index is 0.0291.